The summed E-state index contributed by atoms with van der Waals surface area (Å²) in [5, 5.41) is 24.0. The molecular formula is C27H18Br2O5. The monoisotopic (exact) mass is 580 g/mol. The smallest absolute Gasteiger partial charge is 0.341 e. The van der Waals surface area contributed by atoms with E-state index in [2.05, 4.69) is 44.0 Å². The van der Waals surface area contributed by atoms with E-state index in [4.69, 9.17) is 9.84 Å². The van der Waals surface area contributed by atoms with Crippen LogP contribution in [-0.2, 0) is 4.79 Å². The van der Waals surface area contributed by atoms with E-state index in [1.807, 2.05) is 48.5 Å². The van der Waals surface area contributed by atoms with Crippen LogP contribution in [0, 0.1) is 0 Å². The number of halogens is 2. The molecule has 5 rings (SSSR count). The summed E-state index contributed by atoms with van der Waals surface area (Å²) in [5.74, 6) is -1.36. The average molecular weight is 582 g/mol. The van der Waals surface area contributed by atoms with Gasteiger partial charge in [-0.25, -0.2) is 9.59 Å². The zero-order valence-electron chi connectivity index (χ0n) is 17.7. The molecule has 34 heavy (non-hydrogen) atoms. The summed E-state index contributed by atoms with van der Waals surface area (Å²) >= 11 is 6.52. The number of ether oxygens (including phenoxy) is 1. The van der Waals surface area contributed by atoms with Crippen molar-refractivity contribution in [2.45, 2.75) is 0 Å². The number of hydrogen-bond donors (Lipinski definition) is 2. The second-order valence-electron chi connectivity index (χ2n) is 7.42. The lowest BCUT2D eigenvalue weighted by molar-refractivity contribution is -0.139. The van der Waals surface area contributed by atoms with Crippen LogP contribution >= 0.6 is 31.9 Å². The van der Waals surface area contributed by atoms with Crippen molar-refractivity contribution < 1.29 is 24.5 Å². The van der Waals surface area contributed by atoms with E-state index in [-0.39, 0.29) is 6.61 Å². The third-order valence-corrected chi connectivity index (χ3v) is 6.34. The largest absolute Gasteiger partial charge is 0.481 e. The maximum absolute atomic E-state index is 11.5. The van der Waals surface area contributed by atoms with Gasteiger partial charge in [-0.1, -0.05) is 76.6 Å². The van der Waals surface area contributed by atoms with Crippen LogP contribution < -0.4 is 4.74 Å². The predicted molar refractivity (Wildman–Crippen MR) is 141 cm³/mol. The molecule has 2 N–H and O–H groups in total. The van der Waals surface area contributed by atoms with Gasteiger partial charge in [-0.2, -0.15) is 0 Å². The first-order valence-electron chi connectivity index (χ1n) is 10.2. The minimum atomic E-state index is -0.991. The molecule has 0 spiro atoms. The molecule has 5 aromatic rings. The second kappa shape index (κ2) is 10.2. The number of rotatable bonds is 4. The van der Waals surface area contributed by atoms with Crippen molar-refractivity contribution in [3.05, 3.63) is 99.4 Å². The standard InChI is InChI=1S/C19H12O2.C8H6Br2O3/c20-19(21)17-11-13-10-9-12-5-1-2-6-14(12)18(13)16-8-4-3-7-15(16)17;9-5-1-2-7(6(10)3-5)13-4-8(11)12/h1-11H,(H,20,21);1-3H,4H2,(H,11,12). The van der Waals surface area contributed by atoms with Gasteiger partial charge >= 0.3 is 11.9 Å². The Labute approximate surface area is 211 Å². The molecule has 0 bridgehead atoms. The molecule has 0 aliphatic heterocycles. The van der Waals surface area contributed by atoms with Crippen molar-refractivity contribution in [3.8, 4) is 5.75 Å². The molecule has 0 heterocycles. The molecule has 170 valence electrons. The summed E-state index contributed by atoms with van der Waals surface area (Å²) in [7, 11) is 0. The van der Waals surface area contributed by atoms with Gasteiger partial charge in [0.1, 0.15) is 5.75 Å². The molecule has 0 fully saturated rings. The van der Waals surface area contributed by atoms with Gasteiger partial charge in [0.2, 0.25) is 0 Å². The highest BCUT2D eigenvalue weighted by Crippen LogP contribution is 2.34. The molecule has 0 amide bonds. The van der Waals surface area contributed by atoms with E-state index in [0.29, 0.717) is 11.3 Å². The molecule has 0 saturated heterocycles. The Bertz CT molecular complexity index is 1550. The number of aliphatic carboxylic acids is 1. The van der Waals surface area contributed by atoms with Crippen molar-refractivity contribution in [2.24, 2.45) is 0 Å². The van der Waals surface area contributed by atoms with E-state index >= 15 is 0 Å². The first-order valence-corrected chi connectivity index (χ1v) is 11.8. The van der Waals surface area contributed by atoms with Crippen LogP contribution in [0.5, 0.6) is 5.75 Å². The molecular weight excluding hydrogens is 564 g/mol. The van der Waals surface area contributed by atoms with Crippen LogP contribution in [-0.4, -0.2) is 28.8 Å². The summed E-state index contributed by atoms with van der Waals surface area (Å²) in [6, 6.07) is 27.0. The second-order valence-corrected chi connectivity index (χ2v) is 9.19. The molecule has 0 radical (unpaired) electrons. The fourth-order valence-electron chi connectivity index (χ4n) is 3.79. The summed E-state index contributed by atoms with van der Waals surface area (Å²) in [6.45, 7) is -0.333. The molecule has 5 aromatic carbocycles. The molecule has 7 heteroatoms. The molecule has 5 nitrogen and oxygen atoms in total. The quantitative estimate of drug-likeness (QED) is 0.214. The summed E-state index contributed by atoms with van der Waals surface area (Å²) in [6.07, 6.45) is 0. The Hall–Kier alpha value is -3.42. The van der Waals surface area contributed by atoms with Crippen LogP contribution in [0.15, 0.2) is 93.9 Å². The third kappa shape index (κ3) is 5.05. The van der Waals surface area contributed by atoms with Crippen LogP contribution in [0.25, 0.3) is 32.3 Å². The average Bonchev–Trinajstić information content (AvgIpc) is 2.83. The van der Waals surface area contributed by atoms with Gasteiger partial charge in [-0.05, 0) is 72.5 Å². The van der Waals surface area contributed by atoms with Crippen molar-refractivity contribution in [1.82, 2.24) is 0 Å². The zero-order chi connectivity index (χ0) is 24.2. The zero-order valence-corrected chi connectivity index (χ0v) is 20.8. The van der Waals surface area contributed by atoms with Gasteiger partial charge in [0.15, 0.2) is 6.61 Å². The van der Waals surface area contributed by atoms with E-state index in [1.165, 1.54) is 5.39 Å². The van der Waals surface area contributed by atoms with Crippen molar-refractivity contribution in [3.63, 3.8) is 0 Å². The number of benzene rings is 5. The Balaban J connectivity index is 0.000000182. The molecule has 0 aromatic heterocycles. The van der Waals surface area contributed by atoms with Crippen molar-refractivity contribution in [1.29, 1.82) is 0 Å². The maximum Gasteiger partial charge on any atom is 0.341 e. The molecule has 0 saturated carbocycles. The first-order chi connectivity index (χ1) is 16.3. The lowest BCUT2D eigenvalue weighted by atomic mass is 9.93. The highest BCUT2D eigenvalue weighted by atomic mass is 79.9. The number of aromatic carboxylic acids is 1. The van der Waals surface area contributed by atoms with Crippen molar-refractivity contribution in [2.75, 3.05) is 6.61 Å². The molecule has 0 aliphatic carbocycles. The Morgan fingerprint density at radius 3 is 2.06 bits per heavy atom. The van der Waals surface area contributed by atoms with Crippen LogP contribution in [0.4, 0.5) is 0 Å². The number of fused-ring (bicyclic) bond motifs is 5. The Morgan fingerprint density at radius 1 is 0.735 bits per heavy atom. The lowest BCUT2D eigenvalue weighted by Gasteiger charge is -2.10. The van der Waals surface area contributed by atoms with E-state index in [9.17, 15) is 14.7 Å². The van der Waals surface area contributed by atoms with Gasteiger partial charge in [-0.15, -0.1) is 0 Å². The van der Waals surface area contributed by atoms with E-state index < -0.39 is 11.9 Å². The highest BCUT2D eigenvalue weighted by molar-refractivity contribution is 9.11. The normalized spacial score (nSPS) is 10.6. The Kier molecular flexibility index (Phi) is 7.14. The van der Waals surface area contributed by atoms with Crippen LogP contribution in [0.1, 0.15) is 10.4 Å². The molecule has 0 atom stereocenters. The number of carboxylic acid groups (broad SMARTS) is 2. The van der Waals surface area contributed by atoms with E-state index in [1.54, 1.807) is 24.3 Å². The van der Waals surface area contributed by atoms with Gasteiger partial charge < -0.3 is 14.9 Å². The predicted octanol–water partition coefficient (Wildman–Crippen LogP) is 7.52. The lowest BCUT2D eigenvalue weighted by Crippen LogP contribution is -2.09. The van der Waals surface area contributed by atoms with Crippen LogP contribution in [0.3, 0.4) is 0 Å². The Morgan fingerprint density at radius 2 is 1.38 bits per heavy atom. The number of carboxylic acids is 2. The summed E-state index contributed by atoms with van der Waals surface area (Å²) < 4.78 is 6.62. The SMILES string of the molecule is O=C(O)COc1ccc(Br)cc1Br.O=C(O)c1cc2ccc3ccccc3c2c2ccccc12. The van der Waals surface area contributed by atoms with Gasteiger partial charge in [0.05, 0.1) is 10.0 Å². The third-order valence-electron chi connectivity index (χ3n) is 5.22. The first kappa shape index (κ1) is 23.7. The minimum Gasteiger partial charge on any atom is -0.481 e. The van der Waals surface area contributed by atoms with Crippen LogP contribution in [0.2, 0.25) is 0 Å². The summed E-state index contributed by atoms with van der Waals surface area (Å²) in [4.78, 5) is 21.7. The van der Waals surface area contributed by atoms with Crippen molar-refractivity contribution >= 4 is 76.1 Å². The fourth-order valence-corrected chi connectivity index (χ4v) is 4.95. The van der Waals surface area contributed by atoms with E-state index in [0.717, 1.165) is 35.9 Å². The maximum atomic E-state index is 11.5. The number of carbonyl (C=O) groups is 2. The van der Waals surface area contributed by atoms with Gasteiger partial charge in [0, 0.05) is 4.47 Å². The van der Waals surface area contributed by atoms with Gasteiger partial charge in [-0.3, -0.25) is 0 Å². The van der Waals surface area contributed by atoms with Gasteiger partial charge in [0.25, 0.3) is 0 Å². The molecule has 0 aliphatic rings. The summed E-state index contributed by atoms with van der Waals surface area (Å²) in [5.41, 5.74) is 0.355. The fraction of sp³-hybridized carbons (Fsp3) is 0.0370. The minimum absolute atomic E-state index is 0.333. The number of hydrogen-bond acceptors (Lipinski definition) is 3. The highest BCUT2D eigenvalue weighted by Gasteiger charge is 2.13. The topological polar surface area (TPSA) is 83.8 Å². The molecule has 0 unspecified atom stereocenters.